The molecule has 0 aromatic carbocycles. The Kier molecular flexibility index (Phi) is 3.11. The van der Waals surface area contributed by atoms with Gasteiger partial charge < -0.3 is 10.2 Å². The number of piperazine rings is 1. The van der Waals surface area contributed by atoms with E-state index in [-0.39, 0.29) is 0 Å². The van der Waals surface area contributed by atoms with E-state index in [1.807, 2.05) is 16.7 Å². The first-order chi connectivity index (χ1) is 6.38. The molecule has 0 saturated carbocycles. The van der Waals surface area contributed by atoms with E-state index in [4.69, 9.17) is 0 Å². The molecule has 2 aliphatic rings. The van der Waals surface area contributed by atoms with Crippen molar-refractivity contribution in [3.63, 3.8) is 0 Å². The normalized spacial score (nSPS) is 29.2. The zero-order valence-electron chi connectivity index (χ0n) is 7.79. The monoisotopic (exact) mass is 200 g/mol. The van der Waals surface area contributed by atoms with Crippen LogP contribution in [0.4, 0.5) is 0 Å². The van der Waals surface area contributed by atoms with Gasteiger partial charge in [-0.25, -0.2) is 0 Å². The average Bonchev–Trinajstić information content (AvgIpc) is 2.71. The Morgan fingerprint density at radius 1 is 1.38 bits per heavy atom. The number of amides is 1. The van der Waals surface area contributed by atoms with Crippen LogP contribution in [0.25, 0.3) is 0 Å². The number of nitrogens with zero attached hydrogens (tertiary/aromatic N) is 1. The minimum atomic E-state index is 0.322. The van der Waals surface area contributed by atoms with E-state index < -0.39 is 0 Å². The third kappa shape index (κ3) is 2.17. The lowest BCUT2D eigenvalue weighted by Crippen LogP contribution is -2.48. The van der Waals surface area contributed by atoms with Gasteiger partial charge in [-0.1, -0.05) is 0 Å². The number of carbonyl (C=O) groups is 1. The zero-order chi connectivity index (χ0) is 9.10. The minimum absolute atomic E-state index is 0.322. The molecule has 1 N–H and O–H groups in total. The Hall–Kier alpha value is -0.220. The lowest BCUT2D eigenvalue weighted by atomic mass is 10.1. The molecule has 2 rings (SSSR count). The molecule has 1 atom stereocenters. The van der Waals surface area contributed by atoms with Gasteiger partial charge in [0.05, 0.1) is 0 Å². The molecule has 0 bridgehead atoms. The van der Waals surface area contributed by atoms with Gasteiger partial charge in [-0.3, -0.25) is 4.79 Å². The number of rotatable bonds is 1. The van der Waals surface area contributed by atoms with Crippen molar-refractivity contribution >= 4 is 17.7 Å². The van der Waals surface area contributed by atoms with Crippen LogP contribution < -0.4 is 5.32 Å². The Morgan fingerprint density at radius 3 is 2.77 bits per heavy atom. The summed E-state index contributed by atoms with van der Waals surface area (Å²) in [5.41, 5.74) is 0. The second-order valence-electron chi connectivity index (χ2n) is 3.64. The van der Waals surface area contributed by atoms with Crippen LogP contribution in [0.1, 0.15) is 6.42 Å². The van der Waals surface area contributed by atoms with Crippen molar-refractivity contribution in [2.45, 2.75) is 6.42 Å². The first-order valence-electron chi connectivity index (χ1n) is 4.95. The summed E-state index contributed by atoms with van der Waals surface area (Å²) in [5, 5.41) is 3.26. The summed E-state index contributed by atoms with van der Waals surface area (Å²) < 4.78 is 0. The summed E-state index contributed by atoms with van der Waals surface area (Å²) in [6.45, 7) is 3.73. The van der Waals surface area contributed by atoms with Crippen molar-refractivity contribution in [1.82, 2.24) is 10.2 Å². The van der Waals surface area contributed by atoms with E-state index in [2.05, 4.69) is 5.32 Å². The van der Waals surface area contributed by atoms with E-state index in [9.17, 15) is 4.79 Å². The van der Waals surface area contributed by atoms with Crippen molar-refractivity contribution in [3.05, 3.63) is 0 Å². The van der Waals surface area contributed by atoms with Gasteiger partial charge in [0.25, 0.3) is 0 Å². The minimum Gasteiger partial charge on any atom is -0.340 e. The van der Waals surface area contributed by atoms with Crippen LogP contribution in [0, 0.1) is 5.92 Å². The van der Waals surface area contributed by atoms with Crippen LogP contribution in [-0.4, -0.2) is 48.5 Å². The molecule has 0 aromatic rings. The highest BCUT2D eigenvalue weighted by molar-refractivity contribution is 7.99. The molecule has 2 heterocycles. The molecule has 1 amide bonds. The molecule has 74 valence electrons. The maximum atomic E-state index is 11.9. The molecular formula is C9H16N2OS. The second-order valence-corrected chi connectivity index (χ2v) is 4.79. The van der Waals surface area contributed by atoms with Gasteiger partial charge in [0.15, 0.2) is 0 Å². The number of carbonyl (C=O) groups excluding carboxylic acids is 1. The van der Waals surface area contributed by atoms with E-state index in [1.54, 1.807) is 0 Å². The molecule has 3 nitrogen and oxygen atoms in total. The zero-order valence-corrected chi connectivity index (χ0v) is 8.61. The van der Waals surface area contributed by atoms with Crippen LogP contribution in [0.15, 0.2) is 0 Å². The van der Waals surface area contributed by atoms with E-state index >= 15 is 0 Å². The third-order valence-corrected chi connectivity index (χ3v) is 3.87. The smallest absolute Gasteiger partial charge is 0.226 e. The molecule has 0 radical (unpaired) electrons. The Labute approximate surface area is 83.2 Å². The van der Waals surface area contributed by atoms with Gasteiger partial charge in [-0.2, -0.15) is 11.8 Å². The van der Waals surface area contributed by atoms with Crippen LogP contribution in [0.2, 0.25) is 0 Å². The van der Waals surface area contributed by atoms with Crippen molar-refractivity contribution in [2.75, 3.05) is 37.7 Å². The molecule has 1 unspecified atom stereocenters. The van der Waals surface area contributed by atoms with E-state index in [0.29, 0.717) is 11.8 Å². The molecule has 0 aliphatic carbocycles. The highest BCUT2D eigenvalue weighted by atomic mass is 32.2. The predicted octanol–water partition coefficient (Wildman–Crippen LogP) is 0.171. The Morgan fingerprint density at radius 2 is 2.15 bits per heavy atom. The number of hydrogen-bond acceptors (Lipinski definition) is 3. The molecule has 2 aliphatic heterocycles. The Balaban J connectivity index is 1.87. The lowest BCUT2D eigenvalue weighted by Gasteiger charge is -2.29. The molecule has 13 heavy (non-hydrogen) atoms. The fraction of sp³-hybridized carbons (Fsp3) is 0.889. The highest BCUT2D eigenvalue weighted by Crippen LogP contribution is 2.25. The highest BCUT2D eigenvalue weighted by Gasteiger charge is 2.27. The summed E-state index contributed by atoms with van der Waals surface area (Å²) in [6, 6.07) is 0. The van der Waals surface area contributed by atoms with Gasteiger partial charge in [0.1, 0.15) is 0 Å². The third-order valence-electron chi connectivity index (χ3n) is 2.71. The SMILES string of the molecule is O=C(C1CCSC1)N1CCNCC1. The number of hydrogen-bond donors (Lipinski definition) is 1. The summed E-state index contributed by atoms with van der Waals surface area (Å²) in [7, 11) is 0. The first kappa shape index (κ1) is 9.34. The lowest BCUT2D eigenvalue weighted by molar-refractivity contribution is -0.135. The van der Waals surface area contributed by atoms with Gasteiger partial charge in [-0.15, -0.1) is 0 Å². The topological polar surface area (TPSA) is 32.3 Å². The number of nitrogens with one attached hydrogen (secondary N) is 1. The maximum absolute atomic E-state index is 11.9. The predicted molar refractivity (Wildman–Crippen MR) is 54.9 cm³/mol. The van der Waals surface area contributed by atoms with Gasteiger partial charge >= 0.3 is 0 Å². The van der Waals surface area contributed by atoms with E-state index in [1.165, 1.54) is 5.75 Å². The van der Waals surface area contributed by atoms with Crippen molar-refractivity contribution in [3.8, 4) is 0 Å². The quantitative estimate of drug-likeness (QED) is 0.655. The van der Waals surface area contributed by atoms with E-state index in [0.717, 1.165) is 38.4 Å². The first-order valence-corrected chi connectivity index (χ1v) is 6.10. The molecule has 2 fully saturated rings. The summed E-state index contributed by atoms with van der Waals surface area (Å²) >= 11 is 1.91. The van der Waals surface area contributed by atoms with Crippen LogP contribution in [0.3, 0.4) is 0 Å². The van der Waals surface area contributed by atoms with Crippen LogP contribution >= 0.6 is 11.8 Å². The van der Waals surface area contributed by atoms with Crippen molar-refractivity contribution in [2.24, 2.45) is 5.92 Å². The largest absolute Gasteiger partial charge is 0.340 e. The molecular weight excluding hydrogens is 184 g/mol. The van der Waals surface area contributed by atoms with Gasteiger partial charge in [0.2, 0.25) is 5.91 Å². The van der Waals surface area contributed by atoms with Crippen molar-refractivity contribution in [1.29, 1.82) is 0 Å². The Bertz CT molecular complexity index is 186. The van der Waals surface area contributed by atoms with Crippen molar-refractivity contribution < 1.29 is 4.79 Å². The summed E-state index contributed by atoms with van der Waals surface area (Å²) in [6.07, 6.45) is 1.09. The molecule has 2 saturated heterocycles. The summed E-state index contributed by atoms with van der Waals surface area (Å²) in [5.74, 6) is 2.93. The summed E-state index contributed by atoms with van der Waals surface area (Å²) in [4.78, 5) is 13.9. The molecule has 4 heteroatoms. The second kappa shape index (κ2) is 4.33. The van der Waals surface area contributed by atoms with Gasteiger partial charge in [0, 0.05) is 37.8 Å². The fourth-order valence-electron chi connectivity index (χ4n) is 1.87. The molecule has 0 aromatic heterocycles. The molecule has 0 spiro atoms. The standard InChI is InChI=1S/C9H16N2OS/c12-9(8-1-6-13-7-8)11-4-2-10-3-5-11/h8,10H,1-7H2. The maximum Gasteiger partial charge on any atom is 0.226 e. The van der Waals surface area contributed by atoms with Gasteiger partial charge in [-0.05, 0) is 12.2 Å². The van der Waals surface area contributed by atoms with Crippen LogP contribution in [-0.2, 0) is 4.79 Å². The van der Waals surface area contributed by atoms with Crippen LogP contribution in [0.5, 0.6) is 0 Å². The average molecular weight is 200 g/mol. The fourth-order valence-corrected chi connectivity index (χ4v) is 3.08. The number of thioether (sulfide) groups is 1.